The lowest BCUT2D eigenvalue weighted by Crippen LogP contribution is -2.44. The van der Waals surface area contributed by atoms with Gasteiger partial charge < -0.3 is 20.0 Å². The van der Waals surface area contributed by atoms with Crippen LogP contribution in [0.3, 0.4) is 0 Å². The minimum atomic E-state index is -0.952. The summed E-state index contributed by atoms with van der Waals surface area (Å²) in [6, 6.07) is 19.6. The van der Waals surface area contributed by atoms with Crippen LogP contribution in [0.5, 0.6) is 0 Å². The van der Waals surface area contributed by atoms with Gasteiger partial charge in [-0.05, 0) is 115 Å². The van der Waals surface area contributed by atoms with Gasteiger partial charge in [-0.1, -0.05) is 12.1 Å². The number of hydrogen-bond acceptors (Lipinski definition) is 7. The van der Waals surface area contributed by atoms with E-state index in [1.54, 1.807) is 55.0 Å². The van der Waals surface area contributed by atoms with Crippen molar-refractivity contribution >= 4 is 17.7 Å². The van der Waals surface area contributed by atoms with Crippen LogP contribution in [0, 0.1) is 23.1 Å². The first kappa shape index (κ1) is 34.1. The van der Waals surface area contributed by atoms with Crippen LogP contribution in [-0.4, -0.2) is 101 Å². The zero-order chi connectivity index (χ0) is 36.0. The van der Waals surface area contributed by atoms with Crippen molar-refractivity contribution in [2.75, 3.05) is 41.3 Å². The minimum Gasteiger partial charge on any atom is -0.345 e. The number of piperidine rings is 1. The number of likely N-dealkylation sites (tertiary alicyclic amines) is 1. The van der Waals surface area contributed by atoms with Crippen molar-refractivity contribution in [1.29, 1.82) is 5.26 Å². The zero-order valence-electron chi connectivity index (χ0n) is 29.2. The molecule has 1 saturated carbocycles. The lowest BCUT2D eigenvalue weighted by Gasteiger charge is -2.35. The summed E-state index contributed by atoms with van der Waals surface area (Å²) >= 11 is 0. The molecule has 1 unspecified atom stereocenters. The molecular weight excluding hydrogens is 647 g/mol. The average Bonchev–Trinajstić information content (AvgIpc) is 3.56. The fourth-order valence-electron chi connectivity index (χ4n) is 7.95. The third-order valence-corrected chi connectivity index (χ3v) is 10.6. The van der Waals surface area contributed by atoms with Crippen molar-refractivity contribution < 1.29 is 18.8 Å². The van der Waals surface area contributed by atoms with E-state index in [1.807, 2.05) is 36.4 Å². The topological polar surface area (TPSA) is 138 Å². The molecule has 3 aliphatic rings. The van der Waals surface area contributed by atoms with Crippen molar-refractivity contribution in [3.8, 4) is 17.5 Å². The van der Waals surface area contributed by atoms with Gasteiger partial charge in [-0.3, -0.25) is 19.5 Å². The summed E-state index contributed by atoms with van der Waals surface area (Å²) in [6.45, 7) is 0.480. The Balaban J connectivity index is 1.33. The number of amides is 3. The molecule has 2 heterocycles. The van der Waals surface area contributed by atoms with E-state index in [0.717, 1.165) is 35.1 Å². The normalized spacial score (nSPS) is 19.6. The van der Waals surface area contributed by atoms with Gasteiger partial charge in [0.25, 0.3) is 11.8 Å². The number of nitriles is 1. The van der Waals surface area contributed by atoms with Crippen LogP contribution in [0.25, 0.3) is 11.4 Å². The number of halogens is 1. The number of nitrogens with zero attached hydrogens (tertiary/aromatic N) is 6. The summed E-state index contributed by atoms with van der Waals surface area (Å²) in [5, 5.41) is 20.9. The first-order chi connectivity index (χ1) is 24.5. The molecule has 3 aromatic carbocycles. The van der Waals surface area contributed by atoms with E-state index in [2.05, 4.69) is 21.6 Å². The molecule has 51 heavy (non-hydrogen) atoms. The number of hydrogen-bond donors (Lipinski definition) is 2. The number of aromatic amines is 1. The molecule has 262 valence electrons. The van der Waals surface area contributed by atoms with Crippen LogP contribution in [0.2, 0.25) is 0 Å². The Labute approximate surface area is 296 Å². The number of nitrogens with one attached hydrogen (secondary N) is 2. The Morgan fingerprint density at radius 1 is 0.941 bits per heavy atom. The maximum absolute atomic E-state index is 13.9. The Morgan fingerprint density at radius 3 is 2.12 bits per heavy atom. The van der Waals surface area contributed by atoms with Crippen LogP contribution < -0.4 is 5.32 Å². The van der Waals surface area contributed by atoms with Gasteiger partial charge in [-0.2, -0.15) is 10.4 Å². The SMILES string of the molecule is CN(C)C(=O)c1ccc2c(c1)CCc1cc(C(=O)N(C)C)ccc1C2(CCNCC(=O)N1C(C#N)C[C@@H]2C[C@@H]21)c1nc(-c2ccc(F)cc2)n[nH]1. The molecule has 0 spiro atoms. The lowest BCUT2D eigenvalue weighted by molar-refractivity contribution is -0.131. The predicted octanol–water partition coefficient (Wildman–Crippen LogP) is 3.94. The second-order valence-corrected chi connectivity index (χ2v) is 14.2. The molecule has 4 aromatic rings. The van der Waals surface area contributed by atoms with Crippen LogP contribution in [0.15, 0.2) is 60.7 Å². The highest BCUT2D eigenvalue weighted by Gasteiger charge is 2.54. The molecule has 1 saturated heterocycles. The molecule has 0 radical (unpaired) electrons. The highest BCUT2D eigenvalue weighted by Crippen LogP contribution is 2.48. The van der Waals surface area contributed by atoms with Gasteiger partial charge >= 0.3 is 0 Å². The van der Waals surface area contributed by atoms with E-state index in [0.29, 0.717) is 60.1 Å². The second kappa shape index (κ2) is 13.4. The number of rotatable bonds is 9. The summed E-state index contributed by atoms with van der Waals surface area (Å²) < 4.78 is 13.9. The van der Waals surface area contributed by atoms with Crippen molar-refractivity contribution in [2.45, 2.75) is 49.6 Å². The molecule has 2 N–H and O–H groups in total. The number of carbonyl (C=O) groups excluding carboxylic acids is 3. The number of aryl methyl sites for hydroxylation is 2. The maximum Gasteiger partial charge on any atom is 0.253 e. The fourth-order valence-corrected chi connectivity index (χ4v) is 7.95. The smallest absolute Gasteiger partial charge is 0.253 e. The van der Waals surface area contributed by atoms with Crippen LogP contribution >= 0.6 is 0 Å². The quantitative estimate of drug-likeness (QED) is 0.254. The molecule has 0 bridgehead atoms. The third-order valence-electron chi connectivity index (χ3n) is 10.6. The molecular formula is C39H41FN8O3. The van der Waals surface area contributed by atoms with Crippen molar-refractivity contribution in [2.24, 2.45) is 5.92 Å². The van der Waals surface area contributed by atoms with Gasteiger partial charge in [0.2, 0.25) is 5.91 Å². The largest absolute Gasteiger partial charge is 0.345 e. The summed E-state index contributed by atoms with van der Waals surface area (Å²) in [6.07, 6.45) is 3.35. The van der Waals surface area contributed by atoms with Gasteiger partial charge in [-0.15, -0.1) is 0 Å². The monoisotopic (exact) mass is 688 g/mol. The molecule has 1 aromatic heterocycles. The Bertz CT molecular complexity index is 1980. The lowest BCUT2D eigenvalue weighted by atomic mass is 9.69. The van der Waals surface area contributed by atoms with Gasteiger partial charge in [0, 0.05) is 50.9 Å². The van der Waals surface area contributed by atoms with Gasteiger partial charge in [0.15, 0.2) is 5.82 Å². The van der Waals surface area contributed by atoms with E-state index in [1.165, 1.54) is 12.1 Å². The summed E-state index contributed by atoms with van der Waals surface area (Å²) in [7, 11) is 6.89. The zero-order valence-corrected chi connectivity index (χ0v) is 29.2. The van der Waals surface area contributed by atoms with Crippen molar-refractivity contribution in [3.05, 3.63) is 106 Å². The number of H-pyrrole nitrogens is 1. The molecule has 1 aliphatic heterocycles. The van der Waals surface area contributed by atoms with E-state index in [4.69, 9.17) is 4.98 Å². The number of benzene rings is 3. The number of aromatic nitrogens is 3. The first-order valence-electron chi connectivity index (χ1n) is 17.3. The first-order valence-corrected chi connectivity index (χ1v) is 17.3. The van der Waals surface area contributed by atoms with Gasteiger partial charge in [-0.25, -0.2) is 9.37 Å². The molecule has 11 nitrogen and oxygen atoms in total. The molecule has 2 aliphatic carbocycles. The van der Waals surface area contributed by atoms with Gasteiger partial charge in [0.1, 0.15) is 17.7 Å². The number of fused-ring (bicyclic) bond motifs is 3. The van der Waals surface area contributed by atoms with Crippen LogP contribution in [-0.2, 0) is 23.1 Å². The highest BCUT2D eigenvalue weighted by atomic mass is 19.1. The fraction of sp³-hybridized carbons (Fsp3) is 0.385. The van der Waals surface area contributed by atoms with E-state index >= 15 is 0 Å². The third kappa shape index (κ3) is 6.16. The van der Waals surface area contributed by atoms with Crippen LogP contribution in [0.4, 0.5) is 4.39 Å². The molecule has 3 amide bonds. The molecule has 2 fully saturated rings. The Kier molecular flexibility index (Phi) is 8.93. The number of carbonyl (C=O) groups is 3. The maximum atomic E-state index is 13.9. The summed E-state index contributed by atoms with van der Waals surface area (Å²) in [5.74, 6) is 0.694. The Morgan fingerprint density at radius 2 is 1.55 bits per heavy atom. The predicted molar refractivity (Wildman–Crippen MR) is 188 cm³/mol. The van der Waals surface area contributed by atoms with E-state index in [9.17, 15) is 24.0 Å². The van der Waals surface area contributed by atoms with Crippen molar-refractivity contribution in [3.63, 3.8) is 0 Å². The van der Waals surface area contributed by atoms with E-state index < -0.39 is 5.41 Å². The Hall–Kier alpha value is -5.41. The summed E-state index contributed by atoms with van der Waals surface area (Å²) in [4.78, 5) is 49.6. The highest BCUT2D eigenvalue weighted by molar-refractivity contribution is 5.95. The minimum absolute atomic E-state index is 0.0841. The molecule has 12 heteroatoms. The second-order valence-electron chi connectivity index (χ2n) is 14.2. The van der Waals surface area contributed by atoms with E-state index in [-0.39, 0.29) is 42.2 Å². The van der Waals surface area contributed by atoms with Gasteiger partial charge in [0.05, 0.1) is 18.0 Å². The van der Waals surface area contributed by atoms with Crippen LogP contribution in [0.1, 0.15) is 68.1 Å². The molecule has 7 rings (SSSR count). The van der Waals surface area contributed by atoms with Crippen molar-refractivity contribution in [1.82, 2.24) is 35.2 Å². The standard InChI is InChI=1S/C39H41FN8O3/c1-46(2)36(50)26-9-13-31-24(17-26)5-6-25-18-27(37(51)47(3)4)10-14-32(25)39(31,38-43-35(44-45-38)23-7-11-29(40)12-8-23)15-16-42-22-34(49)48-30(21-41)19-28-20-33(28)48/h7-14,17-18,28,30,33,42H,5-6,15-16,19-20,22H2,1-4H3,(H,43,44,45)/t28-,30?,33+/m1/s1. The molecule has 3 atom stereocenters. The summed E-state index contributed by atoms with van der Waals surface area (Å²) in [5.41, 5.74) is 4.60. The average molecular weight is 689 g/mol.